The molecule has 2 N–H and O–H groups in total. The maximum atomic E-state index is 5.85. The zero-order valence-electron chi connectivity index (χ0n) is 76.6. The summed E-state index contributed by atoms with van der Waals surface area (Å²) in [7, 11) is 0. The number of fused-ring (bicyclic) bond motifs is 18. The second-order valence-corrected chi connectivity index (χ2v) is 42.2. The third kappa shape index (κ3) is 17.0. The SMILES string of the molecule is CC(C)(C)c1ccc(C2=NC3=C(N=C(c4ccc(C(C)(C)C)cc4)C2)c2nc3nc3[nH]c(nc4nc(nc5[nH]c(n2)c2c5N=C(c5ccc(C(C)(C)C)cc5)CC(c5ccc(C(C)(C)C)cc5)=N2)C2=C4N=C(c4ccc(C(C)(C)C)cc4)CC(c4ccc(C(C)(C)C)cc4)=N2)c2c3N=C(c3ccc(C(C)(C)C)cc3)CC(c3ccc(C(C)(C)C)cc3)=N2)cc1. The first-order valence-corrected chi connectivity index (χ1v) is 43.7. The van der Waals surface area contributed by atoms with Crippen molar-refractivity contribution in [3.8, 4) is 0 Å². The molecule has 3 aromatic heterocycles. The summed E-state index contributed by atoms with van der Waals surface area (Å²) < 4.78 is 0. The average Bonchev–Trinajstić information content (AvgIpc) is 1.59. The fraction of sp³-hybridized carbons (Fsp3) is 0.333. The van der Waals surface area contributed by atoms with Gasteiger partial charge in [0.05, 0.1) is 45.7 Å². The molecule has 16 heteroatoms. The molecule has 0 aliphatic carbocycles. The lowest BCUT2D eigenvalue weighted by Gasteiger charge is -2.20. The zero-order chi connectivity index (χ0) is 87.9. The molecule has 0 saturated heterocycles. The Bertz CT molecular complexity index is 5850. The molecule has 8 bridgehead atoms. The second-order valence-electron chi connectivity index (χ2n) is 42.2. The number of rotatable bonds is 8. The second kappa shape index (κ2) is 30.7. The molecule has 9 heterocycles. The van der Waals surface area contributed by atoms with Crippen LogP contribution < -0.4 is 0 Å². The lowest BCUT2D eigenvalue weighted by atomic mass is 9.85. The number of benzene rings is 8. The van der Waals surface area contributed by atoms with E-state index < -0.39 is 0 Å². The lowest BCUT2D eigenvalue weighted by molar-refractivity contribution is 0.590. The number of nitrogens with one attached hydrogen (secondary N) is 2. The Kier molecular flexibility index (Phi) is 20.7. The molecule has 0 amide bonds. The van der Waals surface area contributed by atoms with Gasteiger partial charge in [-0.05, 0) is 132 Å². The molecule has 6 aliphatic heterocycles. The van der Waals surface area contributed by atoms with E-state index in [2.05, 4.69) is 370 Å². The van der Waals surface area contributed by atoms with Crippen molar-refractivity contribution in [3.63, 3.8) is 0 Å². The predicted octanol–water partition coefficient (Wildman–Crippen LogP) is 26.0. The Balaban J connectivity index is 1.04. The molecule has 0 spiro atoms. The molecule has 8 aromatic carbocycles. The maximum absolute atomic E-state index is 5.85. The fourth-order valence-electron chi connectivity index (χ4n) is 16.3. The van der Waals surface area contributed by atoms with E-state index in [-0.39, 0.29) is 66.6 Å². The summed E-state index contributed by atoms with van der Waals surface area (Å²) in [5, 5.41) is 0. The third-order valence-electron chi connectivity index (χ3n) is 24.4. The van der Waals surface area contributed by atoms with E-state index in [1.165, 1.54) is 44.5 Å². The summed E-state index contributed by atoms with van der Waals surface area (Å²) in [4.78, 5) is 88.8. The normalized spacial score (nSPS) is 15.6. The zero-order valence-corrected chi connectivity index (χ0v) is 76.6. The molecular weight excluding hydrogens is 1520 g/mol. The molecule has 0 saturated carbocycles. The van der Waals surface area contributed by atoms with Gasteiger partial charge in [0, 0.05) is 25.7 Å². The highest BCUT2D eigenvalue weighted by Gasteiger charge is 2.36. The minimum absolute atomic E-state index is 0.114. The third-order valence-corrected chi connectivity index (χ3v) is 24.4. The molecule has 6 aliphatic rings. The number of aromatic amines is 2. The molecule has 0 atom stereocenters. The summed E-state index contributed by atoms with van der Waals surface area (Å²) in [5.74, 6) is 0.897. The predicted molar refractivity (Wildman–Crippen MR) is 516 cm³/mol. The van der Waals surface area contributed by atoms with Crippen LogP contribution in [-0.4, -0.2) is 85.6 Å². The van der Waals surface area contributed by atoms with Gasteiger partial charge in [-0.25, -0.2) is 69.8 Å². The van der Waals surface area contributed by atoms with Crippen LogP contribution in [-0.2, 0) is 43.3 Å². The van der Waals surface area contributed by atoms with E-state index in [0.717, 1.165) is 90.2 Å². The van der Waals surface area contributed by atoms with E-state index in [0.29, 0.717) is 93.8 Å². The van der Waals surface area contributed by atoms with Gasteiger partial charge in [0.25, 0.3) is 0 Å². The fourth-order valence-corrected chi connectivity index (χ4v) is 16.3. The minimum atomic E-state index is -0.115. The first-order valence-electron chi connectivity index (χ1n) is 43.7. The maximum Gasteiger partial charge on any atom is 0.184 e. The van der Waals surface area contributed by atoms with Gasteiger partial charge < -0.3 is 9.97 Å². The van der Waals surface area contributed by atoms with Crippen LogP contribution in [0.1, 0.15) is 304 Å². The van der Waals surface area contributed by atoms with Crippen molar-refractivity contribution in [1.29, 1.82) is 0 Å². The number of aliphatic imine (C=N–C) groups is 8. The van der Waals surface area contributed by atoms with Crippen LogP contribution in [0.15, 0.2) is 234 Å². The van der Waals surface area contributed by atoms with Gasteiger partial charge in [-0.2, -0.15) is 0 Å². The summed E-state index contributed by atoms with van der Waals surface area (Å²) in [6, 6.07) is 70.1. The molecule has 16 nitrogen and oxygen atoms in total. The van der Waals surface area contributed by atoms with Crippen molar-refractivity contribution in [1.82, 2.24) is 39.9 Å². The highest BCUT2D eigenvalue weighted by atomic mass is 15.2. The van der Waals surface area contributed by atoms with E-state index in [4.69, 9.17) is 69.8 Å². The Morgan fingerprint density at radius 2 is 0.298 bits per heavy atom. The Hall–Kier alpha value is -12.6. The first-order chi connectivity index (χ1) is 58.4. The van der Waals surface area contributed by atoms with Crippen molar-refractivity contribution in [2.24, 2.45) is 39.9 Å². The summed E-state index contributed by atoms with van der Waals surface area (Å²) >= 11 is 0. The minimum Gasteiger partial charge on any atom is -0.321 e. The highest BCUT2D eigenvalue weighted by molar-refractivity contribution is 6.26. The average molecular weight is 1640 g/mol. The highest BCUT2D eigenvalue weighted by Crippen LogP contribution is 2.47. The molecule has 0 unspecified atom stereocenters. The van der Waals surface area contributed by atoms with Gasteiger partial charge in [-0.1, -0.05) is 360 Å². The van der Waals surface area contributed by atoms with E-state index in [9.17, 15) is 0 Å². The Morgan fingerprint density at radius 3 is 0.427 bits per heavy atom. The lowest BCUT2D eigenvalue weighted by Crippen LogP contribution is -2.14. The number of nitrogens with zero attached hydrogens (tertiary/aromatic N) is 14. The van der Waals surface area contributed by atoms with E-state index >= 15 is 0 Å². The molecular formula is C108H114N16. The van der Waals surface area contributed by atoms with E-state index in [1.54, 1.807) is 0 Å². The van der Waals surface area contributed by atoms with Crippen LogP contribution in [0.4, 0.5) is 22.7 Å². The largest absolute Gasteiger partial charge is 0.321 e. The molecule has 0 radical (unpaired) electrons. The Morgan fingerprint density at radius 1 is 0.169 bits per heavy atom. The van der Waals surface area contributed by atoms with Gasteiger partial charge in [-0.15, -0.1) is 0 Å². The first kappa shape index (κ1) is 83.7. The van der Waals surface area contributed by atoms with Crippen LogP contribution in [0.3, 0.4) is 0 Å². The van der Waals surface area contributed by atoms with Crippen molar-refractivity contribution < 1.29 is 0 Å². The van der Waals surface area contributed by atoms with Crippen LogP contribution in [0.5, 0.6) is 0 Å². The van der Waals surface area contributed by atoms with Crippen LogP contribution >= 0.6 is 0 Å². The van der Waals surface area contributed by atoms with Crippen LogP contribution in [0.2, 0.25) is 0 Å². The van der Waals surface area contributed by atoms with Gasteiger partial charge in [-0.3, -0.25) is 0 Å². The van der Waals surface area contributed by atoms with Crippen molar-refractivity contribution in [3.05, 3.63) is 306 Å². The van der Waals surface area contributed by atoms with Gasteiger partial charge in [0.15, 0.2) is 45.9 Å². The van der Waals surface area contributed by atoms with Gasteiger partial charge >= 0.3 is 0 Å². The topological polar surface area (TPSA) is 208 Å². The number of hydrogen-bond acceptors (Lipinski definition) is 14. The van der Waals surface area contributed by atoms with Crippen molar-refractivity contribution >= 4 is 114 Å². The smallest absolute Gasteiger partial charge is 0.184 e. The van der Waals surface area contributed by atoms with Crippen LogP contribution in [0, 0.1) is 0 Å². The number of aromatic nitrogens is 8. The van der Waals surface area contributed by atoms with E-state index in [1.807, 2.05) is 0 Å². The summed E-state index contributed by atoms with van der Waals surface area (Å²) in [6.07, 6.45) is 1.40. The molecule has 626 valence electrons. The van der Waals surface area contributed by atoms with Crippen LogP contribution in [0.25, 0.3) is 45.4 Å². The molecule has 0 fully saturated rings. The monoisotopic (exact) mass is 1630 g/mol. The Labute approximate surface area is 730 Å². The van der Waals surface area contributed by atoms with Gasteiger partial charge in [0.1, 0.15) is 45.5 Å². The summed E-state index contributed by atoms with van der Waals surface area (Å²) in [5.41, 5.74) is 26.7. The van der Waals surface area contributed by atoms with Crippen molar-refractivity contribution in [2.45, 2.75) is 235 Å². The number of hydrogen-bond donors (Lipinski definition) is 2. The van der Waals surface area contributed by atoms with Crippen molar-refractivity contribution in [2.75, 3.05) is 0 Å². The summed E-state index contributed by atoms with van der Waals surface area (Å²) in [6.45, 7) is 53.7. The molecule has 11 aromatic rings. The quantitative estimate of drug-likeness (QED) is 0.151. The standard InChI is InChI=1S/C108H114N16/c1-101(2,3)69-41-25-61(26-42-69)77-57-78(62-27-43-70(44-28-62)102(4,5)6)110-86-85(109-77)93-117-94(86)122-96-89-90(114-82(66-35-51-74(52-36-66)106(16,17)18)59-81(113-89)65-33-49-73(50-34-65)105(13,14)15)98(119-96)124-100-92-91(115-83(67-37-53-75(54-38-67)107(19,20)21)60-84(116-92)68-39-55-76(56-40-68)108(22,23)24)99(120-100)123-97-88-87(95(118-97)121-93)111-79(63-29-45-71(46-30-63)103(7,8)9)58-80(112-88)64-31-47-72(48-32-64)104(10,11)12/h25-56H,57-60H2,1-24H3,(H2,117,118,119,120,121,122,123,124). The van der Waals surface area contributed by atoms with Gasteiger partial charge in [0.2, 0.25) is 0 Å². The molecule has 124 heavy (non-hydrogen) atoms. The molecule has 17 rings (SSSR count). The number of H-pyrrole nitrogens is 2.